The van der Waals surface area contributed by atoms with Gasteiger partial charge in [0.1, 0.15) is 5.82 Å². The van der Waals surface area contributed by atoms with Gasteiger partial charge < -0.3 is 5.73 Å². The summed E-state index contributed by atoms with van der Waals surface area (Å²) in [7, 11) is 1.93. The summed E-state index contributed by atoms with van der Waals surface area (Å²) < 4.78 is 1.84. The molecule has 0 aliphatic carbocycles. The van der Waals surface area contributed by atoms with Gasteiger partial charge in [-0.1, -0.05) is 54.6 Å². The highest BCUT2D eigenvalue weighted by Crippen LogP contribution is 2.17. The van der Waals surface area contributed by atoms with Gasteiger partial charge in [0.15, 0.2) is 5.82 Å². The quantitative estimate of drug-likeness (QED) is 0.798. The SMILES string of the molecule is Cn1nc(-c2ccccc2)nc1Cc1ccccc1CN. The standard InChI is InChI=1S/C17H18N4/c1-21-16(11-14-9-5-6-10-15(14)12-18)19-17(20-21)13-7-3-2-4-8-13/h2-10H,11-12,18H2,1H3. The molecule has 0 aliphatic heterocycles. The zero-order valence-corrected chi connectivity index (χ0v) is 12.0. The minimum atomic E-state index is 0.541. The lowest BCUT2D eigenvalue weighted by Gasteiger charge is -2.06. The number of nitrogens with zero attached hydrogens (tertiary/aromatic N) is 3. The van der Waals surface area contributed by atoms with Crippen molar-refractivity contribution >= 4 is 0 Å². The number of hydrogen-bond acceptors (Lipinski definition) is 3. The molecule has 0 saturated heterocycles. The van der Waals surface area contributed by atoms with Crippen molar-refractivity contribution in [1.29, 1.82) is 0 Å². The molecule has 0 fully saturated rings. The molecule has 0 saturated carbocycles. The van der Waals surface area contributed by atoms with Gasteiger partial charge in [-0.25, -0.2) is 4.98 Å². The zero-order chi connectivity index (χ0) is 14.7. The van der Waals surface area contributed by atoms with E-state index in [1.165, 1.54) is 5.56 Å². The lowest BCUT2D eigenvalue weighted by molar-refractivity contribution is 0.716. The van der Waals surface area contributed by atoms with E-state index >= 15 is 0 Å². The Bertz CT molecular complexity index is 732. The number of benzene rings is 2. The molecule has 0 radical (unpaired) electrons. The highest BCUT2D eigenvalue weighted by molar-refractivity contribution is 5.54. The lowest BCUT2D eigenvalue weighted by atomic mass is 10.0. The van der Waals surface area contributed by atoms with Crippen molar-refractivity contribution in [3.63, 3.8) is 0 Å². The number of aryl methyl sites for hydroxylation is 1. The second-order valence-corrected chi connectivity index (χ2v) is 4.99. The predicted molar refractivity (Wildman–Crippen MR) is 83.6 cm³/mol. The van der Waals surface area contributed by atoms with Gasteiger partial charge >= 0.3 is 0 Å². The summed E-state index contributed by atoms with van der Waals surface area (Å²) in [5.41, 5.74) is 9.19. The van der Waals surface area contributed by atoms with Crippen LogP contribution in [0.4, 0.5) is 0 Å². The molecule has 0 bridgehead atoms. The molecule has 3 rings (SSSR count). The van der Waals surface area contributed by atoms with E-state index in [-0.39, 0.29) is 0 Å². The Balaban J connectivity index is 1.92. The molecule has 1 aromatic heterocycles. The molecule has 0 atom stereocenters. The first-order valence-corrected chi connectivity index (χ1v) is 7.00. The Morgan fingerprint density at radius 1 is 0.952 bits per heavy atom. The number of hydrogen-bond donors (Lipinski definition) is 1. The van der Waals surface area contributed by atoms with Crippen LogP contribution in [0.2, 0.25) is 0 Å². The molecule has 4 nitrogen and oxygen atoms in total. The van der Waals surface area contributed by atoms with E-state index in [0.29, 0.717) is 6.54 Å². The average Bonchev–Trinajstić information content (AvgIpc) is 2.90. The van der Waals surface area contributed by atoms with Crippen molar-refractivity contribution in [2.24, 2.45) is 12.8 Å². The molecule has 2 aromatic carbocycles. The monoisotopic (exact) mass is 278 g/mol. The lowest BCUT2D eigenvalue weighted by Crippen LogP contribution is -2.05. The summed E-state index contributed by atoms with van der Waals surface area (Å²) in [6, 6.07) is 18.2. The Morgan fingerprint density at radius 2 is 1.62 bits per heavy atom. The summed E-state index contributed by atoms with van der Waals surface area (Å²) in [6.45, 7) is 0.541. The summed E-state index contributed by atoms with van der Waals surface area (Å²) in [5, 5.41) is 4.51. The fourth-order valence-electron chi connectivity index (χ4n) is 2.38. The average molecular weight is 278 g/mol. The molecular weight excluding hydrogens is 260 g/mol. The molecule has 106 valence electrons. The van der Waals surface area contributed by atoms with Crippen LogP contribution >= 0.6 is 0 Å². The maximum atomic E-state index is 5.80. The normalized spacial score (nSPS) is 10.8. The van der Waals surface area contributed by atoms with Crippen LogP contribution in [-0.2, 0) is 20.0 Å². The highest BCUT2D eigenvalue weighted by Gasteiger charge is 2.11. The molecule has 0 unspecified atom stereocenters. The summed E-state index contributed by atoms with van der Waals surface area (Å²) in [6.07, 6.45) is 0.740. The number of nitrogens with two attached hydrogens (primary N) is 1. The van der Waals surface area contributed by atoms with Crippen LogP contribution in [0.1, 0.15) is 17.0 Å². The Kier molecular flexibility index (Phi) is 3.79. The van der Waals surface area contributed by atoms with Crippen molar-refractivity contribution in [2.45, 2.75) is 13.0 Å². The second-order valence-electron chi connectivity index (χ2n) is 4.99. The van der Waals surface area contributed by atoms with E-state index in [9.17, 15) is 0 Å². The van der Waals surface area contributed by atoms with Gasteiger partial charge in [0.2, 0.25) is 0 Å². The van der Waals surface area contributed by atoms with E-state index in [2.05, 4.69) is 22.2 Å². The van der Waals surface area contributed by atoms with Gasteiger partial charge in [-0.05, 0) is 11.1 Å². The van der Waals surface area contributed by atoms with E-state index in [1.54, 1.807) is 0 Å². The van der Waals surface area contributed by atoms with Crippen LogP contribution in [0.3, 0.4) is 0 Å². The van der Waals surface area contributed by atoms with E-state index in [0.717, 1.165) is 29.2 Å². The van der Waals surface area contributed by atoms with Crippen molar-refractivity contribution < 1.29 is 0 Å². The molecule has 3 aromatic rings. The van der Waals surface area contributed by atoms with Crippen molar-refractivity contribution in [3.05, 3.63) is 71.5 Å². The van der Waals surface area contributed by atoms with E-state index in [1.807, 2.05) is 54.2 Å². The van der Waals surface area contributed by atoms with Gasteiger partial charge in [-0.15, -0.1) is 0 Å². The molecule has 1 heterocycles. The van der Waals surface area contributed by atoms with Crippen LogP contribution < -0.4 is 5.73 Å². The molecule has 0 spiro atoms. The third-order valence-corrected chi connectivity index (χ3v) is 3.57. The van der Waals surface area contributed by atoms with Gasteiger partial charge in [-0.2, -0.15) is 5.10 Å². The summed E-state index contributed by atoms with van der Waals surface area (Å²) in [5.74, 6) is 1.70. The first kappa shape index (κ1) is 13.5. The van der Waals surface area contributed by atoms with Gasteiger partial charge in [0, 0.05) is 25.6 Å². The number of aromatic nitrogens is 3. The minimum Gasteiger partial charge on any atom is -0.326 e. The predicted octanol–water partition coefficient (Wildman–Crippen LogP) is 2.53. The maximum Gasteiger partial charge on any atom is 0.181 e. The fraction of sp³-hybridized carbons (Fsp3) is 0.176. The first-order chi connectivity index (χ1) is 10.3. The third kappa shape index (κ3) is 2.85. The Morgan fingerprint density at radius 3 is 2.33 bits per heavy atom. The Hall–Kier alpha value is -2.46. The highest BCUT2D eigenvalue weighted by atomic mass is 15.3. The molecule has 0 aliphatic rings. The minimum absolute atomic E-state index is 0.541. The number of rotatable bonds is 4. The van der Waals surface area contributed by atoms with Gasteiger partial charge in [0.05, 0.1) is 0 Å². The zero-order valence-electron chi connectivity index (χ0n) is 12.0. The Labute approximate surface area is 124 Å². The van der Waals surface area contributed by atoms with E-state index < -0.39 is 0 Å². The molecular formula is C17H18N4. The fourth-order valence-corrected chi connectivity index (χ4v) is 2.38. The molecule has 0 amide bonds. The van der Waals surface area contributed by atoms with Gasteiger partial charge in [-0.3, -0.25) is 4.68 Å². The van der Waals surface area contributed by atoms with Crippen molar-refractivity contribution in [1.82, 2.24) is 14.8 Å². The van der Waals surface area contributed by atoms with Crippen LogP contribution in [0.15, 0.2) is 54.6 Å². The van der Waals surface area contributed by atoms with Crippen LogP contribution in [-0.4, -0.2) is 14.8 Å². The van der Waals surface area contributed by atoms with Crippen molar-refractivity contribution in [3.8, 4) is 11.4 Å². The van der Waals surface area contributed by atoms with Crippen LogP contribution in [0.25, 0.3) is 11.4 Å². The molecule has 21 heavy (non-hydrogen) atoms. The second kappa shape index (κ2) is 5.89. The summed E-state index contributed by atoms with van der Waals surface area (Å²) in [4.78, 5) is 4.66. The van der Waals surface area contributed by atoms with Crippen LogP contribution in [0, 0.1) is 0 Å². The third-order valence-electron chi connectivity index (χ3n) is 3.57. The van der Waals surface area contributed by atoms with Crippen LogP contribution in [0.5, 0.6) is 0 Å². The molecule has 4 heteroatoms. The van der Waals surface area contributed by atoms with E-state index in [4.69, 9.17) is 5.73 Å². The molecule has 2 N–H and O–H groups in total. The van der Waals surface area contributed by atoms with Crippen molar-refractivity contribution in [2.75, 3.05) is 0 Å². The largest absolute Gasteiger partial charge is 0.326 e. The maximum absolute atomic E-state index is 5.80. The smallest absolute Gasteiger partial charge is 0.181 e. The first-order valence-electron chi connectivity index (χ1n) is 7.00. The van der Waals surface area contributed by atoms with Gasteiger partial charge in [0.25, 0.3) is 0 Å². The topological polar surface area (TPSA) is 56.7 Å². The summed E-state index contributed by atoms with van der Waals surface area (Å²) >= 11 is 0.